The predicted octanol–water partition coefficient (Wildman–Crippen LogP) is 2.10. The number of hydrogen-bond acceptors (Lipinski definition) is 3. The Morgan fingerprint density at radius 3 is 2.45 bits per heavy atom. The van der Waals surface area contributed by atoms with Crippen molar-refractivity contribution in [3.8, 4) is 0 Å². The first-order valence-electron chi connectivity index (χ1n) is 5.78. The Morgan fingerprint density at radius 1 is 1.20 bits per heavy atom. The molecule has 1 N–H and O–H groups in total. The molecule has 5 nitrogen and oxygen atoms in total. The Bertz CT molecular complexity index is 620. The monoisotopic (exact) mass is 334 g/mol. The van der Waals surface area contributed by atoms with Gasteiger partial charge in [0.15, 0.2) is 0 Å². The standard InChI is InChI=1S/C14H11BrN2O3/c1-2-7-17-13(19)11(12(18)16-14(17)20)8-9-3-5-10(15)6-4-9/h2-6,8H,1,7H2,(H,16,18,20). The molecule has 0 atom stereocenters. The van der Waals surface area contributed by atoms with Crippen molar-refractivity contribution in [1.82, 2.24) is 10.2 Å². The Labute approximate surface area is 124 Å². The van der Waals surface area contributed by atoms with Crippen molar-refractivity contribution in [2.75, 3.05) is 6.54 Å². The SMILES string of the molecule is C=CCN1C(=O)NC(=O)C(=Cc2ccc(Br)cc2)C1=O. The van der Waals surface area contributed by atoms with Gasteiger partial charge in [0.25, 0.3) is 11.8 Å². The molecule has 1 heterocycles. The van der Waals surface area contributed by atoms with Crippen LogP contribution in [0.15, 0.2) is 47.0 Å². The van der Waals surface area contributed by atoms with E-state index in [1.54, 1.807) is 24.3 Å². The van der Waals surface area contributed by atoms with Gasteiger partial charge in [-0.25, -0.2) is 4.79 Å². The van der Waals surface area contributed by atoms with Crippen molar-refractivity contribution in [1.29, 1.82) is 0 Å². The molecule has 0 bridgehead atoms. The van der Waals surface area contributed by atoms with Gasteiger partial charge in [-0.2, -0.15) is 0 Å². The molecule has 0 unspecified atom stereocenters. The fourth-order valence-electron chi connectivity index (χ4n) is 1.71. The number of nitrogens with zero attached hydrogens (tertiary/aromatic N) is 1. The van der Waals surface area contributed by atoms with Crippen LogP contribution in [0.25, 0.3) is 6.08 Å². The van der Waals surface area contributed by atoms with E-state index >= 15 is 0 Å². The molecule has 0 saturated carbocycles. The molecule has 1 aliphatic heterocycles. The van der Waals surface area contributed by atoms with E-state index in [0.717, 1.165) is 9.37 Å². The topological polar surface area (TPSA) is 66.5 Å². The summed E-state index contributed by atoms with van der Waals surface area (Å²) in [5, 5.41) is 2.13. The van der Waals surface area contributed by atoms with E-state index in [1.807, 2.05) is 0 Å². The number of amides is 4. The molecule has 6 heteroatoms. The van der Waals surface area contributed by atoms with E-state index in [1.165, 1.54) is 12.2 Å². The summed E-state index contributed by atoms with van der Waals surface area (Å²) in [6.07, 6.45) is 2.87. The second-order valence-electron chi connectivity index (χ2n) is 4.07. The summed E-state index contributed by atoms with van der Waals surface area (Å²) in [5.41, 5.74) is 0.619. The van der Waals surface area contributed by atoms with Gasteiger partial charge >= 0.3 is 6.03 Å². The van der Waals surface area contributed by atoms with E-state index in [2.05, 4.69) is 27.8 Å². The Balaban J connectivity index is 2.36. The molecule has 0 aromatic heterocycles. The van der Waals surface area contributed by atoms with Crippen LogP contribution in [0.3, 0.4) is 0 Å². The Hall–Kier alpha value is -2.21. The van der Waals surface area contributed by atoms with Crippen LogP contribution in [0.4, 0.5) is 4.79 Å². The van der Waals surface area contributed by atoms with Crippen molar-refractivity contribution < 1.29 is 14.4 Å². The Kier molecular flexibility index (Phi) is 4.14. The lowest BCUT2D eigenvalue weighted by Gasteiger charge is -2.25. The van der Waals surface area contributed by atoms with Crippen LogP contribution in [0.2, 0.25) is 0 Å². The molecule has 20 heavy (non-hydrogen) atoms. The van der Waals surface area contributed by atoms with Gasteiger partial charge in [-0.1, -0.05) is 34.1 Å². The van der Waals surface area contributed by atoms with E-state index in [9.17, 15) is 14.4 Å². The summed E-state index contributed by atoms with van der Waals surface area (Å²) in [5.74, 6) is -1.32. The largest absolute Gasteiger partial charge is 0.331 e. The number of carbonyl (C=O) groups is 3. The van der Waals surface area contributed by atoms with E-state index in [0.29, 0.717) is 5.56 Å². The van der Waals surface area contributed by atoms with Crippen LogP contribution >= 0.6 is 15.9 Å². The van der Waals surface area contributed by atoms with E-state index < -0.39 is 17.8 Å². The van der Waals surface area contributed by atoms with Gasteiger partial charge in [-0.15, -0.1) is 6.58 Å². The minimum atomic E-state index is -0.729. The van der Waals surface area contributed by atoms with Gasteiger partial charge in [0.1, 0.15) is 5.57 Å². The zero-order valence-corrected chi connectivity index (χ0v) is 12.0. The zero-order valence-electron chi connectivity index (χ0n) is 10.4. The molecule has 1 saturated heterocycles. The highest BCUT2D eigenvalue weighted by atomic mass is 79.9. The number of benzene rings is 1. The fraction of sp³-hybridized carbons (Fsp3) is 0.0714. The first-order chi connectivity index (χ1) is 9.52. The molecule has 1 aromatic rings. The maximum atomic E-state index is 12.1. The van der Waals surface area contributed by atoms with Gasteiger partial charge in [0.05, 0.1) is 0 Å². The van der Waals surface area contributed by atoms with Gasteiger partial charge < -0.3 is 0 Å². The lowest BCUT2D eigenvalue weighted by Crippen LogP contribution is -2.54. The molecular weight excluding hydrogens is 324 g/mol. The Morgan fingerprint density at radius 2 is 1.85 bits per heavy atom. The highest BCUT2D eigenvalue weighted by molar-refractivity contribution is 9.10. The normalized spacial score (nSPS) is 17.4. The lowest BCUT2D eigenvalue weighted by molar-refractivity contribution is -0.129. The highest BCUT2D eigenvalue weighted by Gasteiger charge is 2.34. The van der Waals surface area contributed by atoms with Crippen molar-refractivity contribution in [2.45, 2.75) is 0 Å². The second kappa shape index (κ2) is 5.83. The van der Waals surface area contributed by atoms with Gasteiger partial charge in [0, 0.05) is 11.0 Å². The van der Waals surface area contributed by atoms with Crippen molar-refractivity contribution in [3.05, 3.63) is 52.5 Å². The number of hydrogen-bond donors (Lipinski definition) is 1. The summed E-state index contributed by atoms with van der Waals surface area (Å²) in [6.45, 7) is 3.53. The smallest absolute Gasteiger partial charge is 0.273 e. The third-order valence-corrected chi connectivity index (χ3v) is 3.21. The van der Waals surface area contributed by atoms with E-state index in [4.69, 9.17) is 0 Å². The van der Waals surface area contributed by atoms with Gasteiger partial charge in [-0.3, -0.25) is 19.8 Å². The number of nitrogens with one attached hydrogen (secondary N) is 1. The molecule has 0 radical (unpaired) electrons. The molecule has 2 rings (SSSR count). The average molecular weight is 335 g/mol. The molecule has 1 aliphatic rings. The molecule has 1 fully saturated rings. The number of carbonyl (C=O) groups excluding carboxylic acids is 3. The summed E-state index contributed by atoms with van der Waals surface area (Å²) < 4.78 is 0.891. The minimum Gasteiger partial charge on any atom is -0.273 e. The number of rotatable bonds is 3. The van der Waals surface area contributed by atoms with Gasteiger partial charge in [0.2, 0.25) is 0 Å². The molecule has 1 aromatic carbocycles. The molecule has 0 aliphatic carbocycles. The molecule has 0 spiro atoms. The summed E-state index contributed by atoms with van der Waals surface area (Å²) in [6, 6.07) is 6.37. The number of barbiturate groups is 1. The van der Waals surface area contributed by atoms with Crippen molar-refractivity contribution in [3.63, 3.8) is 0 Å². The lowest BCUT2D eigenvalue weighted by atomic mass is 10.1. The number of halogens is 1. The number of imide groups is 2. The first kappa shape index (κ1) is 14.2. The molecule has 102 valence electrons. The summed E-state index contributed by atoms with van der Waals surface area (Å²) in [7, 11) is 0. The quantitative estimate of drug-likeness (QED) is 0.523. The van der Waals surface area contributed by atoms with E-state index in [-0.39, 0.29) is 12.1 Å². The highest BCUT2D eigenvalue weighted by Crippen LogP contribution is 2.16. The van der Waals surface area contributed by atoms with Crippen LogP contribution in [0.1, 0.15) is 5.56 Å². The summed E-state index contributed by atoms with van der Waals surface area (Å²) >= 11 is 3.30. The first-order valence-corrected chi connectivity index (χ1v) is 6.57. The van der Waals surface area contributed by atoms with Crippen LogP contribution in [-0.2, 0) is 9.59 Å². The maximum Gasteiger partial charge on any atom is 0.331 e. The third-order valence-electron chi connectivity index (χ3n) is 2.68. The summed E-state index contributed by atoms with van der Waals surface area (Å²) in [4.78, 5) is 36.3. The van der Waals surface area contributed by atoms with Crippen LogP contribution in [-0.4, -0.2) is 29.3 Å². The van der Waals surface area contributed by atoms with Crippen LogP contribution < -0.4 is 5.32 Å². The zero-order chi connectivity index (χ0) is 14.7. The third kappa shape index (κ3) is 2.85. The molecular formula is C14H11BrN2O3. The minimum absolute atomic E-state index is 0.0512. The fourth-order valence-corrected chi connectivity index (χ4v) is 1.98. The van der Waals surface area contributed by atoms with Gasteiger partial charge in [-0.05, 0) is 23.8 Å². The second-order valence-corrected chi connectivity index (χ2v) is 4.99. The maximum absolute atomic E-state index is 12.1. The molecule has 4 amide bonds. The van der Waals surface area contributed by atoms with Crippen molar-refractivity contribution >= 4 is 39.9 Å². The number of urea groups is 1. The predicted molar refractivity (Wildman–Crippen MR) is 77.6 cm³/mol. The van der Waals surface area contributed by atoms with Crippen LogP contribution in [0, 0.1) is 0 Å². The van der Waals surface area contributed by atoms with Crippen molar-refractivity contribution in [2.24, 2.45) is 0 Å². The van der Waals surface area contributed by atoms with Crippen LogP contribution in [0.5, 0.6) is 0 Å². The average Bonchev–Trinajstić information content (AvgIpc) is 2.41.